The van der Waals surface area contributed by atoms with E-state index in [0.717, 1.165) is 58.9 Å². The predicted molar refractivity (Wildman–Crippen MR) is 133 cm³/mol. The van der Waals surface area contributed by atoms with Gasteiger partial charge in [0.1, 0.15) is 23.0 Å². The number of carbonyl (C=O) groups is 3. The van der Waals surface area contributed by atoms with Crippen molar-refractivity contribution < 1.29 is 28.3 Å². The van der Waals surface area contributed by atoms with Crippen molar-refractivity contribution in [1.82, 2.24) is 10.6 Å². The minimum absolute atomic E-state index is 0.0667. The number of urea groups is 1. The van der Waals surface area contributed by atoms with Crippen molar-refractivity contribution in [2.24, 2.45) is 5.73 Å². The van der Waals surface area contributed by atoms with E-state index >= 15 is 0 Å². The topological polar surface area (TPSA) is 165 Å². The van der Waals surface area contributed by atoms with Crippen molar-refractivity contribution >= 4 is 39.8 Å². The smallest absolute Gasteiger partial charge is 0.339 e. The summed E-state index contributed by atoms with van der Waals surface area (Å²) < 4.78 is 11.8. The van der Waals surface area contributed by atoms with Crippen LogP contribution in [-0.4, -0.2) is 35.6 Å². The highest BCUT2D eigenvalue weighted by Gasteiger charge is 2.24. The van der Waals surface area contributed by atoms with E-state index < -0.39 is 29.6 Å². The summed E-state index contributed by atoms with van der Waals surface area (Å²) in [7, 11) is 0. The van der Waals surface area contributed by atoms with Crippen LogP contribution in [0.3, 0.4) is 0 Å². The molecule has 1 aromatic carbocycles. The average molecular weight is 498 g/mol. The third-order valence-corrected chi connectivity index (χ3v) is 6.93. The lowest BCUT2D eigenvalue weighted by atomic mass is 9.93. The maximum absolute atomic E-state index is 12.8. The Bertz CT molecular complexity index is 1400. The third-order valence-electron chi connectivity index (χ3n) is 6.93. The zero-order chi connectivity index (χ0) is 26.0. The number of aliphatic carboxylic acids is 1. The quantitative estimate of drug-likeness (QED) is 0.261. The molecule has 1 atom stereocenters. The van der Waals surface area contributed by atoms with Gasteiger partial charge in [-0.15, -0.1) is 0 Å². The van der Waals surface area contributed by atoms with Gasteiger partial charge in [-0.2, -0.15) is 0 Å². The summed E-state index contributed by atoms with van der Waals surface area (Å²) in [6.45, 7) is 3.94. The average Bonchev–Trinajstić information content (AvgIpc) is 3.20. The summed E-state index contributed by atoms with van der Waals surface area (Å²) >= 11 is 0. The van der Waals surface area contributed by atoms with E-state index in [-0.39, 0.29) is 25.8 Å². The number of furan rings is 1. The molecule has 5 N–H and O–H groups in total. The van der Waals surface area contributed by atoms with Crippen molar-refractivity contribution in [3.63, 3.8) is 0 Å². The Morgan fingerprint density at radius 1 is 1.08 bits per heavy atom. The van der Waals surface area contributed by atoms with E-state index in [9.17, 15) is 24.3 Å². The Balaban J connectivity index is 1.53. The molecule has 2 aromatic heterocycles. The Kier molecular flexibility index (Phi) is 7.32. The normalized spacial score (nSPS) is 13.9. The highest BCUT2D eigenvalue weighted by atomic mass is 16.4. The molecule has 192 valence electrons. The Labute approximate surface area is 207 Å². The van der Waals surface area contributed by atoms with Crippen LogP contribution in [0.25, 0.3) is 21.9 Å². The SMILES string of the molecule is Cc1c(CCC(=O)NC(CCCNC(N)=O)C(=O)O)c(=O)oc2c(C)c3oc4c(c3cc12)CCCC4. The molecule has 0 spiro atoms. The van der Waals surface area contributed by atoms with Crippen molar-refractivity contribution in [2.45, 2.75) is 71.3 Å². The number of fused-ring (bicyclic) bond motifs is 4. The molecule has 1 aliphatic rings. The van der Waals surface area contributed by atoms with Crippen LogP contribution in [0.5, 0.6) is 0 Å². The fourth-order valence-corrected chi connectivity index (χ4v) is 4.99. The molecule has 10 nitrogen and oxygen atoms in total. The highest BCUT2D eigenvalue weighted by molar-refractivity contribution is 6.00. The number of benzene rings is 1. The highest BCUT2D eigenvalue weighted by Crippen LogP contribution is 2.37. The third kappa shape index (κ3) is 5.07. The number of rotatable bonds is 9. The molecule has 2 heterocycles. The minimum Gasteiger partial charge on any atom is -0.480 e. The first-order valence-corrected chi connectivity index (χ1v) is 12.2. The summed E-state index contributed by atoms with van der Waals surface area (Å²) in [5.41, 5.74) is 8.87. The fourth-order valence-electron chi connectivity index (χ4n) is 4.99. The first-order valence-electron chi connectivity index (χ1n) is 12.2. The number of carbonyl (C=O) groups excluding carboxylic acids is 2. The van der Waals surface area contributed by atoms with Gasteiger partial charge in [0.05, 0.1) is 0 Å². The number of primary amides is 1. The van der Waals surface area contributed by atoms with Gasteiger partial charge in [0.15, 0.2) is 0 Å². The maximum atomic E-state index is 12.8. The van der Waals surface area contributed by atoms with Crippen molar-refractivity contribution in [3.8, 4) is 0 Å². The fraction of sp³-hybridized carbons (Fsp3) is 0.462. The van der Waals surface area contributed by atoms with Crippen LogP contribution >= 0.6 is 0 Å². The summed E-state index contributed by atoms with van der Waals surface area (Å²) in [6, 6.07) is 0.219. The van der Waals surface area contributed by atoms with E-state index in [2.05, 4.69) is 10.6 Å². The molecular formula is C26H31N3O7. The van der Waals surface area contributed by atoms with Crippen molar-refractivity contribution in [1.29, 1.82) is 0 Å². The van der Waals surface area contributed by atoms with Gasteiger partial charge in [0, 0.05) is 46.8 Å². The van der Waals surface area contributed by atoms with Gasteiger partial charge in [-0.05, 0) is 64.0 Å². The number of aryl methyl sites for hydroxylation is 4. The van der Waals surface area contributed by atoms with E-state index in [0.29, 0.717) is 17.6 Å². The van der Waals surface area contributed by atoms with Gasteiger partial charge >= 0.3 is 17.6 Å². The van der Waals surface area contributed by atoms with Gasteiger partial charge in [0.2, 0.25) is 5.91 Å². The first kappa shape index (κ1) is 25.3. The molecule has 1 aliphatic carbocycles. The molecule has 0 fully saturated rings. The zero-order valence-electron chi connectivity index (χ0n) is 20.5. The summed E-state index contributed by atoms with van der Waals surface area (Å²) in [4.78, 5) is 47.6. The van der Waals surface area contributed by atoms with Crippen LogP contribution in [0, 0.1) is 13.8 Å². The summed E-state index contributed by atoms with van der Waals surface area (Å²) in [5.74, 6) is -0.656. The second-order valence-corrected chi connectivity index (χ2v) is 9.35. The van der Waals surface area contributed by atoms with Crippen LogP contribution in [0.1, 0.15) is 60.1 Å². The van der Waals surface area contributed by atoms with Gasteiger partial charge in [-0.1, -0.05) is 0 Å². The van der Waals surface area contributed by atoms with Crippen LogP contribution in [0.15, 0.2) is 19.7 Å². The second-order valence-electron chi connectivity index (χ2n) is 9.35. The van der Waals surface area contributed by atoms with Gasteiger partial charge in [-0.25, -0.2) is 14.4 Å². The number of amides is 3. The summed E-state index contributed by atoms with van der Waals surface area (Å²) in [6.07, 6.45) is 4.58. The predicted octanol–water partition coefficient (Wildman–Crippen LogP) is 2.99. The molecule has 36 heavy (non-hydrogen) atoms. The molecule has 0 radical (unpaired) electrons. The lowest BCUT2D eigenvalue weighted by Crippen LogP contribution is -2.41. The number of hydrogen-bond donors (Lipinski definition) is 4. The minimum atomic E-state index is -1.17. The zero-order valence-corrected chi connectivity index (χ0v) is 20.5. The lowest BCUT2D eigenvalue weighted by molar-refractivity contribution is -0.142. The summed E-state index contributed by atoms with van der Waals surface area (Å²) in [5, 5.41) is 16.1. The van der Waals surface area contributed by atoms with E-state index in [1.54, 1.807) is 0 Å². The molecule has 3 aromatic rings. The Morgan fingerprint density at radius 2 is 1.81 bits per heavy atom. The van der Waals surface area contributed by atoms with Crippen molar-refractivity contribution in [3.05, 3.63) is 44.5 Å². The number of carboxylic acids is 1. The molecule has 0 aliphatic heterocycles. The van der Waals surface area contributed by atoms with E-state index in [1.807, 2.05) is 19.9 Å². The Morgan fingerprint density at radius 3 is 2.53 bits per heavy atom. The van der Waals surface area contributed by atoms with Gasteiger partial charge in [-0.3, -0.25) is 4.79 Å². The van der Waals surface area contributed by atoms with E-state index in [4.69, 9.17) is 14.6 Å². The van der Waals surface area contributed by atoms with Crippen LogP contribution < -0.4 is 22.0 Å². The van der Waals surface area contributed by atoms with Gasteiger partial charge in [0.25, 0.3) is 0 Å². The molecule has 3 amide bonds. The standard InChI is InChI=1S/C26H31N3O7/c1-13-15(9-10-21(30)29-19(24(31)32)7-5-11-28-26(27)34)25(33)36-22-14(2)23-18(12-17(13)22)16-6-3-4-8-20(16)35-23/h12,19H,3-11H2,1-2H3,(H,29,30)(H,31,32)(H3,27,28,34). The first-order chi connectivity index (χ1) is 17.2. The van der Waals surface area contributed by atoms with Gasteiger partial charge < -0.3 is 30.3 Å². The largest absolute Gasteiger partial charge is 0.480 e. The number of carboxylic acid groups (broad SMARTS) is 1. The molecule has 0 bridgehead atoms. The van der Waals surface area contributed by atoms with Crippen molar-refractivity contribution in [2.75, 3.05) is 6.54 Å². The molecule has 4 rings (SSSR count). The Hall–Kier alpha value is -3.82. The number of hydrogen-bond acceptors (Lipinski definition) is 6. The molecule has 0 saturated carbocycles. The van der Waals surface area contributed by atoms with E-state index in [1.165, 1.54) is 5.56 Å². The molecule has 0 saturated heterocycles. The van der Waals surface area contributed by atoms with Crippen LogP contribution in [0.2, 0.25) is 0 Å². The lowest BCUT2D eigenvalue weighted by Gasteiger charge is -2.15. The monoisotopic (exact) mass is 497 g/mol. The number of nitrogens with one attached hydrogen (secondary N) is 2. The van der Waals surface area contributed by atoms with Crippen LogP contribution in [0.4, 0.5) is 4.79 Å². The molecule has 1 unspecified atom stereocenters. The molecular weight excluding hydrogens is 466 g/mol. The molecule has 10 heteroatoms. The second kappa shape index (κ2) is 10.4. The number of nitrogens with two attached hydrogens (primary N) is 1. The van der Waals surface area contributed by atoms with Crippen LogP contribution in [-0.2, 0) is 28.9 Å². The maximum Gasteiger partial charge on any atom is 0.339 e.